The fourth-order valence-corrected chi connectivity index (χ4v) is 3.19. The topological polar surface area (TPSA) is 32.3 Å². The zero-order chi connectivity index (χ0) is 10.8. The molecular formula is C13H23NO. The van der Waals surface area contributed by atoms with Crippen molar-refractivity contribution in [3.8, 4) is 0 Å². The van der Waals surface area contributed by atoms with Crippen molar-refractivity contribution in [3.05, 3.63) is 12.2 Å². The van der Waals surface area contributed by atoms with Gasteiger partial charge in [0.2, 0.25) is 0 Å². The molecule has 5 atom stereocenters. The van der Waals surface area contributed by atoms with Crippen molar-refractivity contribution in [2.24, 2.45) is 17.8 Å². The predicted octanol–water partition coefficient (Wildman–Crippen LogP) is 1.95. The van der Waals surface area contributed by atoms with Crippen LogP contribution in [-0.4, -0.2) is 23.8 Å². The van der Waals surface area contributed by atoms with Gasteiger partial charge in [-0.25, -0.2) is 0 Å². The van der Waals surface area contributed by atoms with Gasteiger partial charge < -0.3 is 10.4 Å². The van der Waals surface area contributed by atoms with Crippen molar-refractivity contribution in [2.45, 2.75) is 45.2 Å². The first-order chi connectivity index (χ1) is 7.24. The van der Waals surface area contributed by atoms with Gasteiger partial charge in [0.1, 0.15) is 0 Å². The Bertz CT molecular complexity index is 235. The number of allylic oxidation sites excluding steroid dienone is 2. The molecule has 5 unspecified atom stereocenters. The minimum absolute atomic E-state index is 0.261. The van der Waals surface area contributed by atoms with Gasteiger partial charge in [-0.1, -0.05) is 19.1 Å². The molecule has 0 radical (unpaired) electrons. The number of fused-ring (bicyclic) bond motifs is 2. The van der Waals surface area contributed by atoms with Crippen LogP contribution in [0.3, 0.4) is 0 Å². The van der Waals surface area contributed by atoms with E-state index in [1.54, 1.807) is 0 Å². The molecule has 2 rings (SSSR count). The van der Waals surface area contributed by atoms with Gasteiger partial charge in [0.25, 0.3) is 0 Å². The van der Waals surface area contributed by atoms with Crippen LogP contribution in [0.5, 0.6) is 0 Å². The number of hydrogen-bond acceptors (Lipinski definition) is 2. The zero-order valence-electron chi connectivity index (χ0n) is 9.82. The Morgan fingerprint density at radius 1 is 1.40 bits per heavy atom. The lowest BCUT2D eigenvalue weighted by Crippen LogP contribution is -2.43. The van der Waals surface area contributed by atoms with E-state index in [1.165, 1.54) is 12.8 Å². The highest BCUT2D eigenvalue weighted by atomic mass is 16.3. The molecule has 0 aromatic rings. The average molecular weight is 209 g/mol. The highest BCUT2D eigenvalue weighted by molar-refractivity contribution is 5.11. The molecule has 86 valence electrons. The van der Waals surface area contributed by atoms with Crippen molar-refractivity contribution in [1.29, 1.82) is 0 Å². The SMILES string of the molecule is CCC(CO)NC(C)C1CC2C=CC1C2. The van der Waals surface area contributed by atoms with E-state index >= 15 is 0 Å². The smallest absolute Gasteiger partial charge is 0.0584 e. The summed E-state index contributed by atoms with van der Waals surface area (Å²) >= 11 is 0. The molecule has 0 amide bonds. The summed E-state index contributed by atoms with van der Waals surface area (Å²) in [4.78, 5) is 0. The summed E-state index contributed by atoms with van der Waals surface area (Å²) in [6.45, 7) is 4.66. The molecule has 2 bridgehead atoms. The minimum Gasteiger partial charge on any atom is -0.395 e. The molecule has 2 aliphatic carbocycles. The minimum atomic E-state index is 0.261. The Balaban J connectivity index is 1.86. The van der Waals surface area contributed by atoms with Gasteiger partial charge in [-0.05, 0) is 43.9 Å². The van der Waals surface area contributed by atoms with Gasteiger partial charge in [0.15, 0.2) is 0 Å². The molecule has 0 saturated heterocycles. The van der Waals surface area contributed by atoms with E-state index < -0.39 is 0 Å². The van der Waals surface area contributed by atoms with Crippen LogP contribution in [0.15, 0.2) is 12.2 Å². The van der Waals surface area contributed by atoms with E-state index in [4.69, 9.17) is 0 Å². The molecule has 2 nitrogen and oxygen atoms in total. The molecular weight excluding hydrogens is 186 g/mol. The number of rotatable bonds is 5. The molecule has 0 aliphatic heterocycles. The number of aliphatic hydroxyl groups is 1. The zero-order valence-corrected chi connectivity index (χ0v) is 9.82. The summed E-state index contributed by atoms with van der Waals surface area (Å²) in [7, 11) is 0. The molecule has 2 heteroatoms. The second kappa shape index (κ2) is 4.67. The molecule has 0 aromatic heterocycles. The predicted molar refractivity (Wildman–Crippen MR) is 62.6 cm³/mol. The van der Waals surface area contributed by atoms with Crippen molar-refractivity contribution >= 4 is 0 Å². The van der Waals surface area contributed by atoms with Crippen molar-refractivity contribution in [3.63, 3.8) is 0 Å². The summed E-state index contributed by atoms with van der Waals surface area (Å²) < 4.78 is 0. The summed E-state index contributed by atoms with van der Waals surface area (Å²) in [6, 6.07) is 0.824. The summed E-state index contributed by atoms with van der Waals surface area (Å²) in [5.74, 6) is 2.44. The van der Waals surface area contributed by atoms with Gasteiger partial charge in [0.05, 0.1) is 6.61 Å². The van der Waals surface area contributed by atoms with Gasteiger partial charge in [-0.15, -0.1) is 0 Å². The lowest BCUT2D eigenvalue weighted by molar-refractivity contribution is 0.208. The largest absolute Gasteiger partial charge is 0.395 e. The third kappa shape index (κ3) is 2.26. The van der Waals surface area contributed by atoms with E-state index in [9.17, 15) is 5.11 Å². The summed E-state index contributed by atoms with van der Waals surface area (Å²) in [5, 5.41) is 12.7. The fraction of sp³-hybridized carbons (Fsp3) is 0.846. The van der Waals surface area contributed by atoms with Gasteiger partial charge in [-0.2, -0.15) is 0 Å². The van der Waals surface area contributed by atoms with Gasteiger partial charge in [-0.3, -0.25) is 0 Å². The Morgan fingerprint density at radius 2 is 2.20 bits per heavy atom. The molecule has 0 aromatic carbocycles. The molecule has 1 fully saturated rings. The highest BCUT2D eigenvalue weighted by Gasteiger charge is 2.38. The van der Waals surface area contributed by atoms with Crippen LogP contribution < -0.4 is 5.32 Å². The van der Waals surface area contributed by atoms with E-state index in [2.05, 4.69) is 31.3 Å². The molecule has 0 spiro atoms. The average Bonchev–Trinajstić information content (AvgIpc) is 2.87. The van der Waals surface area contributed by atoms with E-state index in [0.29, 0.717) is 6.04 Å². The van der Waals surface area contributed by atoms with Gasteiger partial charge >= 0.3 is 0 Å². The number of hydrogen-bond donors (Lipinski definition) is 2. The van der Waals surface area contributed by atoms with E-state index in [0.717, 1.165) is 24.2 Å². The maximum absolute atomic E-state index is 9.17. The maximum atomic E-state index is 9.17. The normalized spacial score (nSPS) is 37.1. The lowest BCUT2D eigenvalue weighted by atomic mass is 9.87. The van der Waals surface area contributed by atoms with E-state index in [1.807, 2.05) is 0 Å². The van der Waals surface area contributed by atoms with Crippen LogP contribution in [0.2, 0.25) is 0 Å². The van der Waals surface area contributed by atoms with Crippen LogP contribution in [0.1, 0.15) is 33.1 Å². The van der Waals surface area contributed by atoms with Gasteiger partial charge in [0, 0.05) is 12.1 Å². The first-order valence-electron chi connectivity index (χ1n) is 6.29. The fourth-order valence-electron chi connectivity index (χ4n) is 3.19. The molecule has 0 heterocycles. The number of nitrogens with one attached hydrogen (secondary N) is 1. The van der Waals surface area contributed by atoms with E-state index in [-0.39, 0.29) is 12.6 Å². The molecule has 2 N–H and O–H groups in total. The molecule has 2 aliphatic rings. The standard InChI is InChI=1S/C13H23NO/c1-3-12(8-15)14-9(2)13-7-10-4-5-11(13)6-10/h4-5,9-15H,3,6-8H2,1-2H3. The lowest BCUT2D eigenvalue weighted by Gasteiger charge is -2.29. The Hall–Kier alpha value is -0.340. The second-order valence-corrected chi connectivity index (χ2v) is 5.19. The highest BCUT2D eigenvalue weighted by Crippen LogP contribution is 2.44. The summed E-state index contributed by atoms with van der Waals surface area (Å²) in [5.41, 5.74) is 0. The third-order valence-electron chi connectivity index (χ3n) is 4.18. The van der Waals surface area contributed by atoms with Crippen LogP contribution >= 0.6 is 0 Å². The van der Waals surface area contributed by atoms with Crippen LogP contribution in [0.25, 0.3) is 0 Å². The molecule has 1 saturated carbocycles. The summed E-state index contributed by atoms with van der Waals surface area (Å²) in [6.07, 6.45) is 8.51. The Labute approximate surface area is 92.8 Å². The Morgan fingerprint density at radius 3 is 2.67 bits per heavy atom. The van der Waals surface area contributed by atoms with Crippen molar-refractivity contribution in [1.82, 2.24) is 5.32 Å². The Kier molecular flexibility index (Phi) is 3.47. The third-order valence-corrected chi connectivity index (χ3v) is 4.18. The van der Waals surface area contributed by atoms with Crippen LogP contribution in [0, 0.1) is 17.8 Å². The van der Waals surface area contributed by atoms with Crippen LogP contribution in [0.4, 0.5) is 0 Å². The monoisotopic (exact) mass is 209 g/mol. The quantitative estimate of drug-likeness (QED) is 0.678. The second-order valence-electron chi connectivity index (χ2n) is 5.19. The first-order valence-corrected chi connectivity index (χ1v) is 6.29. The van der Waals surface area contributed by atoms with Crippen molar-refractivity contribution in [2.75, 3.05) is 6.61 Å². The first kappa shape index (κ1) is 11.2. The molecule has 15 heavy (non-hydrogen) atoms. The number of aliphatic hydroxyl groups excluding tert-OH is 1. The van der Waals surface area contributed by atoms with Crippen LogP contribution in [-0.2, 0) is 0 Å². The maximum Gasteiger partial charge on any atom is 0.0584 e. The van der Waals surface area contributed by atoms with Crippen molar-refractivity contribution < 1.29 is 5.11 Å².